The van der Waals surface area contributed by atoms with Gasteiger partial charge in [0.1, 0.15) is 10.7 Å². The molecule has 0 fully saturated rings. The molecule has 2 rings (SSSR count). The van der Waals surface area contributed by atoms with E-state index >= 15 is 0 Å². The molecule has 3 N–H and O–H groups in total. The molecule has 96 valence electrons. The fourth-order valence-electron chi connectivity index (χ4n) is 1.43. The van der Waals surface area contributed by atoms with Crippen LogP contribution in [0, 0.1) is 0 Å². The summed E-state index contributed by atoms with van der Waals surface area (Å²) in [6.07, 6.45) is 4.33. The minimum absolute atomic E-state index is 0.204. The molecule has 0 bridgehead atoms. The number of hydrogen-bond donors (Lipinski definition) is 2. The van der Waals surface area contributed by atoms with E-state index in [4.69, 9.17) is 18.0 Å². The lowest BCUT2D eigenvalue weighted by molar-refractivity contribution is 0.102. The molecule has 0 unspecified atom stereocenters. The van der Waals surface area contributed by atoms with E-state index in [0.717, 1.165) is 4.47 Å². The molecule has 1 aromatic carbocycles. The van der Waals surface area contributed by atoms with E-state index in [1.165, 1.54) is 18.6 Å². The Hall–Kier alpha value is -1.86. The van der Waals surface area contributed by atoms with Gasteiger partial charge in [-0.15, -0.1) is 0 Å². The molecule has 0 spiro atoms. The van der Waals surface area contributed by atoms with Crippen LogP contribution in [-0.4, -0.2) is 20.9 Å². The van der Waals surface area contributed by atoms with Crippen molar-refractivity contribution < 1.29 is 4.79 Å². The van der Waals surface area contributed by atoms with E-state index in [1.807, 2.05) is 0 Å². The zero-order valence-electron chi connectivity index (χ0n) is 9.63. The third-order valence-corrected chi connectivity index (χ3v) is 3.00. The molecule has 0 radical (unpaired) electrons. The normalized spacial score (nSPS) is 9.95. The first-order chi connectivity index (χ1) is 9.08. The molecule has 0 aliphatic heterocycles. The quantitative estimate of drug-likeness (QED) is 0.839. The van der Waals surface area contributed by atoms with Crippen molar-refractivity contribution in [1.29, 1.82) is 0 Å². The monoisotopic (exact) mass is 336 g/mol. The molecule has 2 aromatic rings. The Kier molecular flexibility index (Phi) is 4.18. The van der Waals surface area contributed by atoms with Gasteiger partial charge in [0.05, 0.1) is 11.9 Å². The second-order valence-corrected chi connectivity index (χ2v) is 4.95. The van der Waals surface area contributed by atoms with E-state index in [9.17, 15) is 4.79 Å². The van der Waals surface area contributed by atoms with Crippen LogP contribution in [-0.2, 0) is 0 Å². The van der Waals surface area contributed by atoms with Crippen molar-refractivity contribution in [3.05, 3.63) is 52.5 Å². The zero-order valence-corrected chi connectivity index (χ0v) is 12.0. The van der Waals surface area contributed by atoms with E-state index in [1.54, 1.807) is 18.2 Å². The van der Waals surface area contributed by atoms with Crippen molar-refractivity contribution in [2.24, 2.45) is 5.73 Å². The van der Waals surface area contributed by atoms with Gasteiger partial charge in [0.25, 0.3) is 5.91 Å². The molecule has 19 heavy (non-hydrogen) atoms. The summed E-state index contributed by atoms with van der Waals surface area (Å²) in [5, 5.41) is 2.71. The van der Waals surface area contributed by atoms with Crippen LogP contribution in [0.3, 0.4) is 0 Å². The average Bonchev–Trinajstić information content (AvgIpc) is 2.41. The number of benzene rings is 1. The van der Waals surface area contributed by atoms with Crippen LogP contribution in [0.2, 0.25) is 0 Å². The first-order valence-electron chi connectivity index (χ1n) is 5.24. The summed E-state index contributed by atoms with van der Waals surface area (Å²) in [7, 11) is 0. The molecule has 0 saturated carbocycles. The van der Waals surface area contributed by atoms with Gasteiger partial charge in [-0.3, -0.25) is 9.78 Å². The second-order valence-electron chi connectivity index (χ2n) is 3.60. The number of hydrogen-bond acceptors (Lipinski definition) is 4. The van der Waals surface area contributed by atoms with Crippen LogP contribution in [0.4, 0.5) is 5.69 Å². The molecular weight excluding hydrogens is 328 g/mol. The number of amides is 1. The summed E-state index contributed by atoms with van der Waals surface area (Å²) < 4.78 is 0.827. The summed E-state index contributed by atoms with van der Waals surface area (Å²) >= 11 is 8.28. The van der Waals surface area contributed by atoms with E-state index in [-0.39, 0.29) is 16.6 Å². The minimum Gasteiger partial charge on any atom is -0.389 e. The number of thiocarbonyl (C=S) groups is 1. The number of halogens is 1. The smallest absolute Gasteiger partial charge is 0.275 e. The van der Waals surface area contributed by atoms with Gasteiger partial charge in [-0.1, -0.05) is 28.1 Å². The van der Waals surface area contributed by atoms with Crippen molar-refractivity contribution in [2.45, 2.75) is 0 Å². The van der Waals surface area contributed by atoms with Crippen LogP contribution in [0.5, 0.6) is 0 Å². The summed E-state index contributed by atoms with van der Waals surface area (Å²) in [5.74, 6) is -0.368. The Bertz CT molecular complexity index is 633. The Morgan fingerprint density at radius 3 is 2.79 bits per heavy atom. The topological polar surface area (TPSA) is 80.9 Å². The molecule has 1 amide bonds. The third kappa shape index (κ3) is 3.33. The zero-order chi connectivity index (χ0) is 13.8. The molecular formula is C12H9BrN4OS. The lowest BCUT2D eigenvalue weighted by atomic mass is 10.1. The Morgan fingerprint density at radius 2 is 2.16 bits per heavy atom. The molecule has 1 heterocycles. The van der Waals surface area contributed by atoms with Gasteiger partial charge >= 0.3 is 0 Å². The van der Waals surface area contributed by atoms with Gasteiger partial charge < -0.3 is 11.1 Å². The standard InChI is InChI=1S/C12H9BrN4OS/c13-7-1-2-9(8(5-7)11(14)19)17-12(18)10-6-15-3-4-16-10/h1-6H,(H2,14,19)(H,17,18). The number of carbonyl (C=O) groups excluding carboxylic acids is 1. The van der Waals surface area contributed by atoms with E-state index in [2.05, 4.69) is 31.2 Å². The molecule has 0 aliphatic rings. The Balaban J connectivity index is 2.29. The summed E-state index contributed by atoms with van der Waals surface area (Å²) in [4.78, 5) is 19.9. The van der Waals surface area contributed by atoms with Gasteiger partial charge in [-0.05, 0) is 18.2 Å². The highest BCUT2D eigenvalue weighted by molar-refractivity contribution is 9.10. The molecule has 0 saturated heterocycles. The van der Waals surface area contributed by atoms with Gasteiger partial charge in [-0.2, -0.15) is 0 Å². The van der Waals surface area contributed by atoms with Crippen LogP contribution in [0.25, 0.3) is 0 Å². The van der Waals surface area contributed by atoms with Crippen molar-refractivity contribution in [2.75, 3.05) is 5.32 Å². The predicted molar refractivity (Wildman–Crippen MR) is 80.0 cm³/mol. The highest BCUT2D eigenvalue weighted by Crippen LogP contribution is 2.21. The fourth-order valence-corrected chi connectivity index (χ4v) is 1.96. The van der Waals surface area contributed by atoms with Crippen LogP contribution in [0.1, 0.15) is 16.1 Å². The summed E-state index contributed by atoms with van der Waals surface area (Å²) in [5.41, 5.74) is 6.97. The van der Waals surface area contributed by atoms with Crippen LogP contribution < -0.4 is 11.1 Å². The maximum atomic E-state index is 12.0. The van der Waals surface area contributed by atoms with Gasteiger partial charge in [0, 0.05) is 22.4 Å². The largest absolute Gasteiger partial charge is 0.389 e. The van der Waals surface area contributed by atoms with Gasteiger partial charge in [0.15, 0.2) is 0 Å². The Labute approximate surface area is 123 Å². The summed E-state index contributed by atoms with van der Waals surface area (Å²) in [6, 6.07) is 5.25. The maximum absolute atomic E-state index is 12.0. The minimum atomic E-state index is -0.368. The lowest BCUT2D eigenvalue weighted by Crippen LogP contribution is -2.18. The number of anilines is 1. The molecule has 0 atom stereocenters. The first-order valence-corrected chi connectivity index (χ1v) is 6.45. The number of nitrogens with one attached hydrogen (secondary N) is 1. The van der Waals surface area contributed by atoms with Gasteiger partial charge in [-0.25, -0.2) is 4.98 Å². The summed E-state index contributed by atoms with van der Waals surface area (Å²) in [6.45, 7) is 0. The number of carbonyl (C=O) groups is 1. The highest BCUT2D eigenvalue weighted by atomic mass is 79.9. The third-order valence-electron chi connectivity index (χ3n) is 2.29. The predicted octanol–water partition coefficient (Wildman–Crippen LogP) is 2.13. The fraction of sp³-hybridized carbons (Fsp3) is 0. The number of aromatic nitrogens is 2. The molecule has 7 heteroatoms. The molecule has 0 aliphatic carbocycles. The molecule has 1 aromatic heterocycles. The first kappa shape index (κ1) is 13.6. The number of nitrogens with zero attached hydrogens (tertiary/aromatic N) is 2. The van der Waals surface area contributed by atoms with Crippen LogP contribution in [0.15, 0.2) is 41.3 Å². The van der Waals surface area contributed by atoms with Crippen molar-refractivity contribution in [1.82, 2.24) is 9.97 Å². The average molecular weight is 337 g/mol. The van der Waals surface area contributed by atoms with Crippen molar-refractivity contribution in [3.8, 4) is 0 Å². The van der Waals surface area contributed by atoms with Crippen molar-refractivity contribution >= 4 is 44.7 Å². The maximum Gasteiger partial charge on any atom is 0.275 e. The Morgan fingerprint density at radius 1 is 1.37 bits per heavy atom. The number of rotatable bonds is 3. The van der Waals surface area contributed by atoms with Crippen LogP contribution >= 0.6 is 28.1 Å². The molecule has 5 nitrogen and oxygen atoms in total. The number of nitrogens with two attached hydrogens (primary N) is 1. The second kappa shape index (κ2) is 5.85. The lowest BCUT2D eigenvalue weighted by Gasteiger charge is -2.10. The van der Waals surface area contributed by atoms with Crippen molar-refractivity contribution in [3.63, 3.8) is 0 Å². The highest BCUT2D eigenvalue weighted by Gasteiger charge is 2.12. The SMILES string of the molecule is NC(=S)c1cc(Br)ccc1NC(=O)c1cnccn1. The van der Waals surface area contributed by atoms with E-state index in [0.29, 0.717) is 11.3 Å². The van der Waals surface area contributed by atoms with E-state index < -0.39 is 0 Å². The van der Waals surface area contributed by atoms with Gasteiger partial charge in [0.2, 0.25) is 0 Å².